The second-order valence-electron chi connectivity index (χ2n) is 3.14. The van der Waals surface area contributed by atoms with Crippen LogP contribution in [0.15, 0.2) is 24.3 Å². The molecule has 16 heavy (non-hydrogen) atoms. The smallest absolute Gasteiger partial charge is 0.253 e. The SMILES string of the molecule is NC(=O)c1c(-c2ccc(Cl)cc2)nsc1N. The third kappa shape index (κ3) is 1.87. The molecule has 0 saturated heterocycles. The molecule has 1 aromatic carbocycles. The number of nitrogens with zero attached hydrogens (tertiary/aromatic N) is 1. The molecule has 0 atom stereocenters. The number of benzene rings is 1. The van der Waals surface area contributed by atoms with Crippen LogP contribution in [0, 0.1) is 0 Å². The molecule has 1 heterocycles. The highest BCUT2D eigenvalue weighted by molar-refractivity contribution is 7.10. The molecule has 0 saturated carbocycles. The van der Waals surface area contributed by atoms with Crippen LogP contribution < -0.4 is 11.5 Å². The number of primary amides is 1. The fraction of sp³-hybridized carbons (Fsp3) is 0. The average Bonchev–Trinajstić information content (AvgIpc) is 2.61. The van der Waals surface area contributed by atoms with Gasteiger partial charge in [-0.2, -0.15) is 4.37 Å². The van der Waals surface area contributed by atoms with E-state index in [9.17, 15) is 4.79 Å². The molecule has 0 aliphatic rings. The van der Waals surface area contributed by atoms with E-state index in [1.807, 2.05) is 0 Å². The molecule has 4 N–H and O–H groups in total. The Morgan fingerprint density at radius 3 is 2.50 bits per heavy atom. The summed E-state index contributed by atoms with van der Waals surface area (Å²) in [6.07, 6.45) is 0. The zero-order valence-electron chi connectivity index (χ0n) is 8.11. The van der Waals surface area contributed by atoms with E-state index in [2.05, 4.69) is 4.37 Å². The first-order valence-corrected chi connectivity index (χ1v) is 5.55. The number of nitrogens with two attached hydrogens (primary N) is 2. The largest absolute Gasteiger partial charge is 0.389 e. The van der Waals surface area contributed by atoms with Crippen LogP contribution in [-0.2, 0) is 0 Å². The lowest BCUT2D eigenvalue weighted by Crippen LogP contribution is -2.13. The second kappa shape index (κ2) is 4.11. The van der Waals surface area contributed by atoms with Gasteiger partial charge in [0, 0.05) is 10.6 Å². The van der Waals surface area contributed by atoms with Gasteiger partial charge in [-0.15, -0.1) is 0 Å². The van der Waals surface area contributed by atoms with Crippen LogP contribution in [0.4, 0.5) is 5.00 Å². The molecule has 0 aliphatic carbocycles. The number of hydrogen-bond acceptors (Lipinski definition) is 4. The van der Waals surface area contributed by atoms with Crippen LogP contribution in [0.3, 0.4) is 0 Å². The number of nitrogen functional groups attached to an aromatic ring is 1. The van der Waals surface area contributed by atoms with E-state index in [-0.39, 0.29) is 5.56 Å². The Morgan fingerprint density at radius 1 is 1.31 bits per heavy atom. The Labute approximate surface area is 101 Å². The number of carbonyl (C=O) groups is 1. The number of rotatable bonds is 2. The molecule has 0 spiro atoms. The lowest BCUT2D eigenvalue weighted by Gasteiger charge is -2.00. The standard InChI is InChI=1S/C10H8ClN3OS/c11-6-3-1-5(2-4-6)8-7(9(12)15)10(13)16-14-8/h1-4H,13H2,(H2,12,15). The Balaban J connectivity index is 2.56. The van der Waals surface area contributed by atoms with Crippen LogP contribution in [0.5, 0.6) is 0 Å². The van der Waals surface area contributed by atoms with Crippen LogP contribution in [-0.4, -0.2) is 10.3 Å². The Morgan fingerprint density at radius 2 is 1.94 bits per heavy atom. The molecule has 82 valence electrons. The van der Waals surface area contributed by atoms with Gasteiger partial charge in [0.1, 0.15) is 10.6 Å². The van der Waals surface area contributed by atoms with E-state index in [0.717, 1.165) is 17.1 Å². The van der Waals surface area contributed by atoms with Gasteiger partial charge >= 0.3 is 0 Å². The van der Waals surface area contributed by atoms with E-state index in [4.69, 9.17) is 23.1 Å². The molecule has 2 aromatic rings. The quantitative estimate of drug-likeness (QED) is 0.860. The zero-order chi connectivity index (χ0) is 11.7. The summed E-state index contributed by atoms with van der Waals surface area (Å²) in [6, 6.07) is 6.97. The maximum atomic E-state index is 11.2. The third-order valence-corrected chi connectivity index (χ3v) is 3.01. The van der Waals surface area contributed by atoms with Crippen molar-refractivity contribution in [2.45, 2.75) is 0 Å². The van der Waals surface area contributed by atoms with Crippen molar-refractivity contribution in [3.63, 3.8) is 0 Å². The van der Waals surface area contributed by atoms with Gasteiger partial charge in [-0.25, -0.2) is 0 Å². The number of aromatic nitrogens is 1. The minimum absolute atomic E-state index is 0.271. The highest BCUT2D eigenvalue weighted by Crippen LogP contribution is 2.30. The number of carbonyl (C=O) groups excluding carboxylic acids is 1. The summed E-state index contributed by atoms with van der Waals surface area (Å²) in [4.78, 5) is 11.2. The summed E-state index contributed by atoms with van der Waals surface area (Å²) in [5, 5.41) is 0.949. The fourth-order valence-electron chi connectivity index (χ4n) is 1.35. The molecule has 0 bridgehead atoms. The molecule has 4 nitrogen and oxygen atoms in total. The van der Waals surface area contributed by atoms with Crippen LogP contribution >= 0.6 is 23.1 Å². The average molecular weight is 254 g/mol. The summed E-state index contributed by atoms with van der Waals surface area (Å²) in [6.45, 7) is 0. The van der Waals surface area contributed by atoms with E-state index in [0.29, 0.717) is 15.7 Å². The number of anilines is 1. The summed E-state index contributed by atoms with van der Waals surface area (Å²) in [5.74, 6) is -0.573. The second-order valence-corrected chi connectivity index (χ2v) is 4.38. The van der Waals surface area contributed by atoms with Crippen molar-refractivity contribution in [2.75, 3.05) is 5.73 Å². The zero-order valence-corrected chi connectivity index (χ0v) is 9.68. The fourth-order valence-corrected chi connectivity index (χ4v) is 2.15. The van der Waals surface area contributed by atoms with Crippen LogP contribution in [0.2, 0.25) is 5.02 Å². The predicted molar refractivity (Wildman–Crippen MR) is 65.5 cm³/mol. The van der Waals surface area contributed by atoms with E-state index < -0.39 is 5.91 Å². The minimum atomic E-state index is -0.573. The maximum absolute atomic E-state index is 11.2. The maximum Gasteiger partial charge on any atom is 0.253 e. The molecule has 1 aromatic heterocycles. The van der Waals surface area contributed by atoms with Gasteiger partial charge in [0.2, 0.25) is 0 Å². The van der Waals surface area contributed by atoms with Gasteiger partial charge in [-0.05, 0) is 23.7 Å². The topological polar surface area (TPSA) is 82.0 Å². The molecule has 2 rings (SSSR count). The van der Waals surface area contributed by atoms with Crippen molar-refractivity contribution in [1.82, 2.24) is 4.37 Å². The molecular weight excluding hydrogens is 246 g/mol. The first-order valence-electron chi connectivity index (χ1n) is 4.40. The summed E-state index contributed by atoms with van der Waals surface area (Å²) in [7, 11) is 0. The number of hydrogen-bond donors (Lipinski definition) is 2. The van der Waals surface area contributed by atoms with Gasteiger partial charge < -0.3 is 11.5 Å². The lowest BCUT2D eigenvalue weighted by atomic mass is 10.1. The number of amides is 1. The van der Waals surface area contributed by atoms with Gasteiger partial charge in [0.05, 0.1) is 5.69 Å². The highest BCUT2D eigenvalue weighted by atomic mass is 35.5. The summed E-state index contributed by atoms with van der Waals surface area (Å²) < 4.78 is 4.11. The molecule has 1 amide bonds. The van der Waals surface area contributed by atoms with Crippen molar-refractivity contribution in [3.8, 4) is 11.3 Å². The predicted octanol–water partition coefficient (Wildman–Crippen LogP) is 2.14. The molecular formula is C10H8ClN3OS. The highest BCUT2D eigenvalue weighted by Gasteiger charge is 2.17. The number of halogens is 1. The van der Waals surface area contributed by atoms with Crippen LogP contribution in [0.25, 0.3) is 11.3 Å². The van der Waals surface area contributed by atoms with Gasteiger partial charge in [-0.3, -0.25) is 4.79 Å². The van der Waals surface area contributed by atoms with E-state index in [1.165, 1.54) is 0 Å². The van der Waals surface area contributed by atoms with Crippen molar-refractivity contribution < 1.29 is 4.79 Å². The van der Waals surface area contributed by atoms with Gasteiger partial charge in [-0.1, -0.05) is 23.7 Å². The minimum Gasteiger partial charge on any atom is -0.389 e. The van der Waals surface area contributed by atoms with Crippen molar-refractivity contribution in [3.05, 3.63) is 34.9 Å². The Hall–Kier alpha value is -1.59. The van der Waals surface area contributed by atoms with Crippen molar-refractivity contribution in [1.29, 1.82) is 0 Å². The normalized spacial score (nSPS) is 10.3. The molecule has 0 radical (unpaired) electrons. The lowest BCUT2D eigenvalue weighted by molar-refractivity contribution is 0.100. The summed E-state index contributed by atoms with van der Waals surface area (Å²) >= 11 is 6.82. The Kier molecular flexibility index (Phi) is 2.80. The Bertz CT molecular complexity index is 535. The third-order valence-electron chi connectivity index (χ3n) is 2.08. The molecule has 0 fully saturated rings. The van der Waals surface area contributed by atoms with Crippen LogP contribution in [0.1, 0.15) is 10.4 Å². The monoisotopic (exact) mass is 253 g/mol. The van der Waals surface area contributed by atoms with Gasteiger partial charge in [0.15, 0.2) is 0 Å². The molecule has 6 heteroatoms. The first kappa shape index (κ1) is 10.9. The van der Waals surface area contributed by atoms with E-state index >= 15 is 0 Å². The van der Waals surface area contributed by atoms with Crippen molar-refractivity contribution >= 4 is 34.0 Å². The van der Waals surface area contributed by atoms with E-state index in [1.54, 1.807) is 24.3 Å². The first-order chi connectivity index (χ1) is 7.59. The summed E-state index contributed by atoms with van der Waals surface area (Å²) in [5.41, 5.74) is 12.4. The molecule has 0 aliphatic heterocycles. The van der Waals surface area contributed by atoms with Gasteiger partial charge in [0.25, 0.3) is 5.91 Å². The van der Waals surface area contributed by atoms with Crippen molar-refractivity contribution in [2.24, 2.45) is 5.73 Å². The molecule has 0 unspecified atom stereocenters.